The molecule has 1 heterocycles. The van der Waals surface area contributed by atoms with Gasteiger partial charge < -0.3 is 14.3 Å². The number of hydrogen-bond acceptors (Lipinski definition) is 5. The molecule has 5 nitrogen and oxygen atoms in total. The fourth-order valence-corrected chi connectivity index (χ4v) is 5.52. The summed E-state index contributed by atoms with van der Waals surface area (Å²) in [6.07, 6.45) is 8.56. The summed E-state index contributed by atoms with van der Waals surface area (Å²) in [5.74, 6) is 2.21. The summed E-state index contributed by atoms with van der Waals surface area (Å²) in [5.41, 5.74) is 3.05. The summed E-state index contributed by atoms with van der Waals surface area (Å²) in [6.45, 7) is 6.61. The Morgan fingerprint density at radius 2 is 2.03 bits per heavy atom. The predicted molar refractivity (Wildman–Crippen MR) is 130 cm³/mol. The Kier molecular flexibility index (Phi) is 9.67. The van der Waals surface area contributed by atoms with Crippen LogP contribution in [0.15, 0.2) is 28.7 Å². The molecule has 0 bridgehead atoms. The van der Waals surface area contributed by atoms with Crippen molar-refractivity contribution in [2.24, 2.45) is 5.92 Å². The minimum absolute atomic E-state index is 0.205. The molecule has 1 aliphatic carbocycles. The first-order valence-corrected chi connectivity index (χ1v) is 13.0. The normalized spacial score (nSPS) is 19.7. The zero-order valence-corrected chi connectivity index (χ0v) is 20.5. The lowest BCUT2D eigenvalue weighted by Gasteiger charge is -2.29. The van der Waals surface area contributed by atoms with Gasteiger partial charge in [0.25, 0.3) is 0 Å². The van der Waals surface area contributed by atoms with Crippen LogP contribution in [0.4, 0.5) is 0 Å². The number of hydrogen-bond donors (Lipinski definition) is 1. The third-order valence-electron chi connectivity index (χ3n) is 6.26. The quantitative estimate of drug-likeness (QED) is 0.352. The molecule has 1 aliphatic rings. The minimum atomic E-state index is -0.666. The van der Waals surface area contributed by atoms with Crippen LogP contribution in [0, 0.1) is 19.8 Å². The second-order valence-corrected chi connectivity index (χ2v) is 10.2. The lowest BCUT2D eigenvalue weighted by atomic mass is 9.88. The summed E-state index contributed by atoms with van der Waals surface area (Å²) < 4.78 is 12.1. The maximum absolute atomic E-state index is 11.6. The van der Waals surface area contributed by atoms with Crippen molar-refractivity contribution in [2.45, 2.75) is 90.1 Å². The van der Waals surface area contributed by atoms with Gasteiger partial charge in [-0.05, 0) is 63.3 Å². The third-order valence-corrected chi connectivity index (χ3v) is 7.76. The van der Waals surface area contributed by atoms with Crippen LogP contribution in [0.5, 0.6) is 0 Å². The molecular formula is C26H37NO4S. The zero-order chi connectivity index (χ0) is 22.9. The number of oxazole rings is 1. The molecule has 0 spiro atoms. The van der Waals surface area contributed by atoms with E-state index in [1.54, 1.807) is 11.8 Å². The molecule has 0 radical (unpaired) electrons. The molecule has 1 N–H and O–H groups in total. The van der Waals surface area contributed by atoms with Crippen LogP contribution in [0.3, 0.4) is 0 Å². The molecule has 2 aromatic rings. The maximum atomic E-state index is 11.6. The first-order valence-electron chi connectivity index (χ1n) is 12.0. The largest absolute Gasteiger partial charge is 0.480 e. The van der Waals surface area contributed by atoms with Gasteiger partial charge in [-0.15, -0.1) is 11.8 Å². The number of nitrogens with zero attached hydrogens (tertiary/aromatic N) is 1. The fourth-order valence-electron chi connectivity index (χ4n) is 4.23. The number of carboxylic acid groups (broad SMARTS) is 1. The molecule has 0 amide bonds. The molecule has 1 fully saturated rings. The van der Waals surface area contributed by atoms with E-state index in [0.29, 0.717) is 18.4 Å². The summed E-state index contributed by atoms with van der Waals surface area (Å²) in [4.78, 5) is 16.2. The highest BCUT2D eigenvalue weighted by molar-refractivity contribution is 8.00. The maximum Gasteiger partial charge on any atom is 0.316 e. The molecule has 1 aromatic heterocycles. The SMILES string of the molecule is CCCCCC(SC[C@H]1CCC[C@@H](OCc2nc(-c3ccc(C)cc3)oc2C)C1)C(=O)O. The monoisotopic (exact) mass is 459 g/mol. The average Bonchev–Trinajstić information content (AvgIpc) is 3.15. The van der Waals surface area contributed by atoms with Crippen LogP contribution >= 0.6 is 11.8 Å². The number of aromatic nitrogens is 1. The summed E-state index contributed by atoms with van der Waals surface area (Å²) >= 11 is 1.63. The Bertz CT molecular complexity index is 848. The van der Waals surface area contributed by atoms with Gasteiger partial charge in [0.1, 0.15) is 16.7 Å². The molecule has 3 rings (SSSR count). The van der Waals surface area contributed by atoms with Crippen LogP contribution in [-0.2, 0) is 16.1 Å². The Labute approximate surface area is 196 Å². The lowest BCUT2D eigenvalue weighted by Crippen LogP contribution is -2.26. The Morgan fingerprint density at radius 3 is 2.75 bits per heavy atom. The van der Waals surface area contributed by atoms with Gasteiger partial charge in [-0.1, -0.05) is 50.3 Å². The van der Waals surface area contributed by atoms with Crippen LogP contribution < -0.4 is 0 Å². The molecule has 176 valence electrons. The summed E-state index contributed by atoms with van der Waals surface area (Å²) in [5, 5.41) is 9.25. The molecule has 3 atom stereocenters. The lowest BCUT2D eigenvalue weighted by molar-refractivity contribution is -0.136. The topological polar surface area (TPSA) is 72.6 Å². The number of ether oxygens (including phenoxy) is 1. The van der Waals surface area contributed by atoms with Crippen molar-refractivity contribution in [1.29, 1.82) is 0 Å². The van der Waals surface area contributed by atoms with Gasteiger partial charge >= 0.3 is 5.97 Å². The van der Waals surface area contributed by atoms with Crippen molar-refractivity contribution in [2.75, 3.05) is 5.75 Å². The fraction of sp³-hybridized carbons (Fsp3) is 0.615. The molecule has 1 aromatic carbocycles. The van der Waals surface area contributed by atoms with Gasteiger partial charge in [0.2, 0.25) is 5.89 Å². The molecule has 0 aliphatic heterocycles. The highest BCUT2D eigenvalue weighted by Gasteiger charge is 2.26. The van der Waals surface area contributed by atoms with E-state index < -0.39 is 5.97 Å². The van der Waals surface area contributed by atoms with Gasteiger partial charge in [-0.25, -0.2) is 4.98 Å². The Balaban J connectivity index is 1.48. The van der Waals surface area contributed by atoms with Crippen molar-refractivity contribution >= 4 is 17.7 Å². The van der Waals surface area contributed by atoms with E-state index in [1.165, 1.54) is 5.56 Å². The summed E-state index contributed by atoms with van der Waals surface area (Å²) in [7, 11) is 0. The number of carboxylic acids is 1. The third kappa shape index (κ3) is 7.38. The molecule has 32 heavy (non-hydrogen) atoms. The first-order chi connectivity index (χ1) is 15.5. The average molecular weight is 460 g/mol. The van der Waals surface area contributed by atoms with E-state index in [4.69, 9.17) is 9.15 Å². The number of aryl methyl sites for hydroxylation is 2. The molecular weight excluding hydrogens is 422 g/mol. The molecule has 6 heteroatoms. The van der Waals surface area contributed by atoms with Crippen molar-refractivity contribution in [3.8, 4) is 11.5 Å². The van der Waals surface area contributed by atoms with Crippen LogP contribution in [0.25, 0.3) is 11.5 Å². The summed E-state index contributed by atoms with van der Waals surface area (Å²) in [6, 6.07) is 8.18. The highest BCUT2D eigenvalue weighted by atomic mass is 32.2. The van der Waals surface area contributed by atoms with Gasteiger partial charge in [-0.2, -0.15) is 0 Å². The number of rotatable bonds is 12. The number of benzene rings is 1. The van der Waals surface area contributed by atoms with Gasteiger partial charge in [-0.3, -0.25) is 4.79 Å². The van der Waals surface area contributed by atoms with Crippen LogP contribution in [0.1, 0.15) is 75.3 Å². The Hall–Kier alpha value is -1.79. The molecule has 1 unspecified atom stereocenters. The van der Waals surface area contributed by atoms with Gasteiger partial charge in [0.15, 0.2) is 0 Å². The molecule has 1 saturated carbocycles. The first kappa shape index (κ1) is 24.8. The van der Waals surface area contributed by atoms with Crippen molar-refractivity contribution in [3.05, 3.63) is 41.3 Å². The standard InChI is InChI=1S/C26H37NO4S/c1-4-5-6-10-24(26(28)29)32-17-20-8-7-9-22(15-20)30-16-23-19(3)31-25(27-23)21-13-11-18(2)12-14-21/h11-14,20,22,24H,4-10,15-17H2,1-3H3,(H,28,29)/t20-,22+,24?/m0/s1. The number of aliphatic carboxylic acids is 1. The van der Waals surface area contributed by atoms with E-state index in [-0.39, 0.29) is 11.4 Å². The number of carbonyl (C=O) groups is 1. The minimum Gasteiger partial charge on any atom is -0.480 e. The van der Waals surface area contributed by atoms with E-state index >= 15 is 0 Å². The van der Waals surface area contributed by atoms with Crippen molar-refractivity contribution < 1.29 is 19.1 Å². The zero-order valence-electron chi connectivity index (χ0n) is 19.6. The highest BCUT2D eigenvalue weighted by Crippen LogP contribution is 2.32. The van der Waals surface area contributed by atoms with Crippen LogP contribution in [-0.4, -0.2) is 33.2 Å². The van der Waals surface area contributed by atoms with Gasteiger partial charge in [0.05, 0.1) is 12.7 Å². The number of unbranched alkanes of at least 4 members (excludes halogenated alkanes) is 2. The Morgan fingerprint density at radius 1 is 1.25 bits per heavy atom. The van der Waals surface area contributed by atoms with Crippen LogP contribution in [0.2, 0.25) is 0 Å². The second kappa shape index (κ2) is 12.4. The number of thioether (sulfide) groups is 1. The van der Waals surface area contributed by atoms with Gasteiger partial charge in [0, 0.05) is 5.56 Å². The van der Waals surface area contributed by atoms with E-state index in [1.807, 2.05) is 19.1 Å². The van der Waals surface area contributed by atoms with E-state index in [9.17, 15) is 9.90 Å². The predicted octanol–water partition coefficient (Wildman–Crippen LogP) is 6.80. The van der Waals surface area contributed by atoms with E-state index in [0.717, 1.165) is 74.1 Å². The smallest absolute Gasteiger partial charge is 0.316 e. The second-order valence-electron chi connectivity index (χ2n) is 9.01. The van der Waals surface area contributed by atoms with Crippen molar-refractivity contribution in [1.82, 2.24) is 4.98 Å². The van der Waals surface area contributed by atoms with E-state index in [2.05, 4.69) is 31.0 Å². The molecule has 0 saturated heterocycles. The van der Waals surface area contributed by atoms with Crippen molar-refractivity contribution in [3.63, 3.8) is 0 Å².